The second-order valence-electron chi connectivity index (χ2n) is 3.61. The molecule has 2 nitrogen and oxygen atoms in total. The van der Waals surface area contributed by atoms with Gasteiger partial charge in [-0.05, 0) is 32.2 Å². The van der Waals surface area contributed by atoms with E-state index in [1.165, 1.54) is 19.3 Å². The van der Waals surface area contributed by atoms with Crippen LogP contribution in [-0.2, 0) is 0 Å². The highest BCUT2D eigenvalue weighted by atomic mass is 16.3. The van der Waals surface area contributed by atoms with Crippen LogP contribution in [0, 0.1) is 0 Å². The fourth-order valence-corrected chi connectivity index (χ4v) is 1.38. The predicted molar refractivity (Wildman–Crippen MR) is 46.6 cm³/mol. The summed E-state index contributed by atoms with van der Waals surface area (Å²) in [6, 6.07) is 0. The normalized spacial score (nSPS) is 21.3. The Morgan fingerprint density at radius 2 is 2.18 bits per heavy atom. The van der Waals surface area contributed by atoms with Gasteiger partial charge in [-0.2, -0.15) is 0 Å². The van der Waals surface area contributed by atoms with Crippen LogP contribution in [0.3, 0.4) is 0 Å². The highest BCUT2D eigenvalue weighted by molar-refractivity contribution is 4.89. The number of aliphatic hydroxyl groups is 1. The first kappa shape index (κ1) is 9.01. The van der Waals surface area contributed by atoms with Gasteiger partial charge in [-0.15, -0.1) is 0 Å². The smallest absolute Gasteiger partial charge is 0.0771 e. The standard InChI is InChI=1S/C9H19NO/c1-2-3-7-10-8-9(11)5-4-6-9/h10-11H,2-8H2,1H3. The van der Waals surface area contributed by atoms with Gasteiger partial charge in [0.1, 0.15) is 0 Å². The van der Waals surface area contributed by atoms with Crippen LogP contribution in [-0.4, -0.2) is 23.8 Å². The average molecular weight is 157 g/mol. The SMILES string of the molecule is CCCCNCC1(O)CCC1. The molecule has 0 atom stereocenters. The van der Waals surface area contributed by atoms with E-state index in [0.29, 0.717) is 0 Å². The van der Waals surface area contributed by atoms with E-state index < -0.39 is 0 Å². The molecule has 0 bridgehead atoms. The van der Waals surface area contributed by atoms with E-state index in [1.54, 1.807) is 0 Å². The lowest BCUT2D eigenvalue weighted by Gasteiger charge is -2.36. The third kappa shape index (κ3) is 2.80. The first-order valence-electron chi connectivity index (χ1n) is 4.70. The molecule has 0 saturated heterocycles. The Balaban J connectivity index is 1.94. The minimum Gasteiger partial charge on any atom is -0.389 e. The number of unbranched alkanes of at least 4 members (excludes halogenated alkanes) is 1. The van der Waals surface area contributed by atoms with Crippen LogP contribution in [0.25, 0.3) is 0 Å². The molecule has 1 rings (SSSR count). The average Bonchev–Trinajstić information content (AvgIpc) is 1.95. The molecule has 0 aromatic carbocycles. The van der Waals surface area contributed by atoms with Crippen molar-refractivity contribution < 1.29 is 5.11 Å². The van der Waals surface area contributed by atoms with Crippen molar-refractivity contribution in [1.82, 2.24) is 5.32 Å². The monoisotopic (exact) mass is 157 g/mol. The molecule has 0 aromatic heterocycles. The molecule has 0 heterocycles. The molecule has 0 spiro atoms. The van der Waals surface area contributed by atoms with Gasteiger partial charge in [-0.3, -0.25) is 0 Å². The summed E-state index contributed by atoms with van der Waals surface area (Å²) in [5, 5.41) is 12.9. The summed E-state index contributed by atoms with van der Waals surface area (Å²) in [7, 11) is 0. The van der Waals surface area contributed by atoms with Gasteiger partial charge in [-0.1, -0.05) is 13.3 Å². The first-order chi connectivity index (χ1) is 5.27. The summed E-state index contributed by atoms with van der Waals surface area (Å²) in [6.45, 7) is 4.03. The van der Waals surface area contributed by atoms with Gasteiger partial charge < -0.3 is 10.4 Å². The van der Waals surface area contributed by atoms with Crippen molar-refractivity contribution in [2.45, 2.75) is 44.6 Å². The largest absolute Gasteiger partial charge is 0.389 e. The van der Waals surface area contributed by atoms with Crippen LogP contribution in [0.15, 0.2) is 0 Å². The Labute approximate surface area is 69.0 Å². The lowest BCUT2D eigenvalue weighted by Crippen LogP contribution is -2.46. The van der Waals surface area contributed by atoms with Crippen LogP contribution in [0.2, 0.25) is 0 Å². The third-order valence-electron chi connectivity index (χ3n) is 2.45. The molecule has 0 unspecified atom stereocenters. The number of nitrogens with one attached hydrogen (secondary N) is 1. The lowest BCUT2D eigenvalue weighted by molar-refractivity contribution is -0.0311. The molecule has 0 aliphatic heterocycles. The van der Waals surface area contributed by atoms with Crippen molar-refractivity contribution in [1.29, 1.82) is 0 Å². The van der Waals surface area contributed by atoms with Crippen molar-refractivity contribution in [3.05, 3.63) is 0 Å². The molecule has 0 amide bonds. The Kier molecular flexibility index (Phi) is 3.34. The van der Waals surface area contributed by atoms with E-state index in [9.17, 15) is 5.11 Å². The van der Waals surface area contributed by atoms with Gasteiger partial charge in [0.2, 0.25) is 0 Å². The topological polar surface area (TPSA) is 32.3 Å². The number of hydrogen-bond donors (Lipinski definition) is 2. The summed E-state index contributed by atoms with van der Waals surface area (Å²) in [4.78, 5) is 0. The van der Waals surface area contributed by atoms with Crippen LogP contribution >= 0.6 is 0 Å². The second-order valence-corrected chi connectivity index (χ2v) is 3.61. The van der Waals surface area contributed by atoms with Crippen LogP contribution < -0.4 is 5.32 Å². The van der Waals surface area contributed by atoms with Gasteiger partial charge in [-0.25, -0.2) is 0 Å². The van der Waals surface area contributed by atoms with E-state index in [4.69, 9.17) is 0 Å². The molecule has 11 heavy (non-hydrogen) atoms. The van der Waals surface area contributed by atoms with Crippen molar-refractivity contribution >= 4 is 0 Å². The first-order valence-corrected chi connectivity index (χ1v) is 4.70. The van der Waals surface area contributed by atoms with Gasteiger partial charge in [0, 0.05) is 6.54 Å². The maximum Gasteiger partial charge on any atom is 0.0771 e. The highest BCUT2D eigenvalue weighted by Gasteiger charge is 2.33. The molecule has 1 aliphatic carbocycles. The quantitative estimate of drug-likeness (QED) is 0.589. The van der Waals surface area contributed by atoms with Crippen LogP contribution in [0.1, 0.15) is 39.0 Å². The summed E-state index contributed by atoms with van der Waals surface area (Å²) >= 11 is 0. The molecule has 1 saturated carbocycles. The van der Waals surface area contributed by atoms with Crippen molar-refractivity contribution in [2.24, 2.45) is 0 Å². The maximum atomic E-state index is 9.65. The molecule has 1 fully saturated rings. The Hall–Kier alpha value is -0.0800. The zero-order valence-corrected chi connectivity index (χ0v) is 7.40. The lowest BCUT2D eigenvalue weighted by atomic mass is 9.80. The van der Waals surface area contributed by atoms with Gasteiger partial charge in [0.15, 0.2) is 0 Å². The molecule has 1 aliphatic rings. The second kappa shape index (κ2) is 4.07. The Bertz CT molecular complexity index is 110. The number of rotatable bonds is 5. The Morgan fingerprint density at radius 1 is 1.45 bits per heavy atom. The molecular weight excluding hydrogens is 138 g/mol. The summed E-state index contributed by atoms with van der Waals surface area (Å²) in [5.74, 6) is 0. The van der Waals surface area contributed by atoms with Crippen molar-refractivity contribution in [2.75, 3.05) is 13.1 Å². The van der Waals surface area contributed by atoms with E-state index >= 15 is 0 Å². The molecule has 2 N–H and O–H groups in total. The highest BCUT2D eigenvalue weighted by Crippen LogP contribution is 2.30. The van der Waals surface area contributed by atoms with Gasteiger partial charge in [0.05, 0.1) is 5.60 Å². The van der Waals surface area contributed by atoms with Gasteiger partial charge in [0.25, 0.3) is 0 Å². The molecule has 2 heteroatoms. The minimum absolute atomic E-state index is 0.340. The zero-order valence-electron chi connectivity index (χ0n) is 7.40. The van der Waals surface area contributed by atoms with E-state index in [-0.39, 0.29) is 5.60 Å². The van der Waals surface area contributed by atoms with Gasteiger partial charge >= 0.3 is 0 Å². The molecular formula is C9H19NO. The number of hydrogen-bond acceptors (Lipinski definition) is 2. The summed E-state index contributed by atoms with van der Waals surface area (Å²) < 4.78 is 0. The molecule has 0 aromatic rings. The Morgan fingerprint density at radius 3 is 2.64 bits per heavy atom. The fourth-order valence-electron chi connectivity index (χ4n) is 1.38. The minimum atomic E-state index is -0.340. The summed E-state index contributed by atoms with van der Waals surface area (Å²) in [6.07, 6.45) is 5.63. The maximum absolute atomic E-state index is 9.65. The summed E-state index contributed by atoms with van der Waals surface area (Å²) in [5.41, 5.74) is -0.340. The predicted octanol–water partition coefficient (Wildman–Crippen LogP) is 1.29. The van der Waals surface area contributed by atoms with Crippen LogP contribution in [0.4, 0.5) is 0 Å². The molecule has 66 valence electrons. The zero-order chi connectivity index (χ0) is 8.16. The fraction of sp³-hybridized carbons (Fsp3) is 1.00. The van der Waals surface area contributed by atoms with E-state index in [1.807, 2.05) is 0 Å². The van der Waals surface area contributed by atoms with Crippen molar-refractivity contribution in [3.63, 3.8) is 0 Å². The van der Waals surface area contributed by atoms with Crippen molar-refractivity contribution in [3.8, 4) is 0 Å². The third-order valence-corrected chi connectivity index (χ3v) is 2.45. The molecule has 0 radical (unpaired) electrons. The van der Waals surface area contributed by atoms with E-state index in [0.717, 1.165) is 25.9 Å². The van der Waals surface area contributed by atoms with Crippen LogP contribution in [0.5, 0.6) is 0 Å². The van der Waals surface area contributed by atoms with E-state index in [2.05, 4.69) is 12.2 Å².